The summed E-state index contributed by atoms with van der Waals surface area (Å²) in [4.78, 5) is 4.98. The van der Waals surface area contributed by atoms with Crippen molar-refractivity contribution in [3.63, 3.8) is 0 Å². The van der Waals surface area contributed by atoms with E-state index in [2.05, 4.69) is 52.0 Å². The van der Waals surface area contributed by atoms with Crippen LogP contribution in [0.1, 0.15) is 37.4 Å². The summed E-state index contributed by atoms with van der Waals surface area (Å²) in [5, 5.41) is 0. The zero-order chi connectivity index (χ0) is 23.8. The summed E-state index contributed by atoms with van der Waals surface area (Å²) >= 11 is 3.63. The molecule has 0 atom stereocenters. The van der Waals surface area contributed by atoms with Crippen LogP contribution in [0.4, 0.5) is 0 Å². The highest BCUT2D eigenvalue weighted by Crippen LogP contribution is 2.55. The Morgan fingerprint density at radius 1 is 0.588 bits per heavy atom. The molecule has 2 aliphatic rings. The Balaban J connectivity index is 1.49. The van der Waals surface area contributed by atoms with Crippen molar-refractivity contribution in [2.24, 2.45) is 0 Å². The second-order valence-electron chi connectivity index (χ2n) is 9.66. The highest BCUT2D eigenvalue weighted by atomic mass is 32.1. The van der Waals surface area contributed by atoms with E-state index in [4.69, 9.17) is 18.9 Å². The average molecular weight is 491 g/mol. The van der Waals surface area contributed by atoms with Crippen molar-refractivity contribution in [1.29, 1.82) is 0 Å². The third-order valence-corrected chi connectivity index (χ3v) is 9.56. The molecule has 2 aliphatic heterocycles. The smallest absolute Gasteiger partial charge is 0.138 e. The molecule has 6 heteroatoms. The molecule has 0 N–H and O–H groups in total. The van der Waals surface area contributed by atoms with Gasteiger partial charge in [-0.3, -0.25) is 0 Å². The number of benzene rings is 2. The van der Waals surface area contributed by atoms with E-state index in [0.717, 1.165) is 34.1 Å². The fraction of sp³-hybridized carbons (Fsp3) is 0.286. The van der Waals surface area contributed by atoms with Crippen LogP contribution >= 0.6 is 22.7 Å². The zero-order valence-corrected chi connectivity index (χ0v) is 21.7. The lowest BCUT2D eigenvalue weighted by molar-refractivity contribution is 0.109. The van der Waals surface area contributed by atoms with Crippen molar-refractivity contribution >= 4 is 22.7 Å². The number of ether oxygens (including phenoxy) is 4. The van der Waals surface area contributed by atoms with Gasteiger partial charge >= 0.3 is 0 Å². The molecule has 2 aromatic heterocycles. The van der Waals surface area contributed by atoms with Gasteiger partial charge in [-0.25, -0.2) is 0 Å². The molecular weight excluding hydrogens is 464 g/mol. The van der Waals surface area contributed by atoms with E-state index in [0.29, 0.717) is 0 Å². The molecule has 4 aromatic rings. The largest absolute Gasteiger partial charge is 0.497 e. The van der Waals surface area contributed by atoms with Crippen LogP contribution in [-0.2, 0) is 11.2 Å². The summed E-state index contributed by atoms with van der Waals surface area (Å²) in [6.45, 7) is 8.53. The molecule has 0 unspecified atom stereocenters. The molecule has 174 valence electrons. The van der Waals surface area contributed by atoms with Crippen molar-refractivity contribution < 1.29 is 18.9 Å². The Hall–Kier alpha value is -2.96. The zero-order valence-electron chi connectivity index (χ0n) is 20.1. The molecule has 2 aromatic carbocycles. The molecule has 0 saturated carbocycles. The first kappa shape index (κ1) is 21.6. The second-order valence-corrected chi connectivity index (χ2v) is 11.8. The Morgan fingerprint density at radius 2 is 1.00 bits per heavy atom. The first-order valence-corrected chi connectivity index (χ1v) is 12.9. The maximum Gasteiger partial charge on any atom is 0.138 e. The average Bonchev–Trinajstić information content (AvgIpc) is 3.44. The summed E-state index contributed by atoms with van der Waals surface area (Å²) < 4.78 is 23.7. The highest BCUT2D eigenvalue weighted by molar-refractivity contribution is 7.22. The molecule has 34 heavy (non-hydrogen) atoms. The third-order valence-electron chi connectivity index (χ3n) is 6.49. The number of rotatable bonds is 3. The summed E-state index contributed by atoms with van der Waals surface area (Å²) in [5.74, 6) is 3.34. The topological polar surface area (TPSA) is 36.9 Å². The molecule has 0 saturated heterocycles. The number of thiophene rings is 2. The predicted octanol–water partition coefficient (Wildman–Crippen LogP) is 8.08. The molecule has 6 rings (SSSR count). The normalized spacial score (nSPS) is 16.3. The monoisotopic (exact) mass is 490 g/mol. The lowest BCUT2D eigenvalue weighted by atomic mass is 9.93. The molecule has 0 aliphatic carbocycles. The SMILES string of the molecule is COc1ccc2c(c1)OC(C)(C)c1sc(-c3cc4c(s3)C(C)(C)Oc3cc(OC)ccc3-4)cc1-2. The summed E-state index contributed by atoms with van der Waals surface area (Å²) in [7, 11) is 3.36. The van der Waals surface area contributed by atoms with Crippen molar-refractivity contribution in [3.8, 4) is 55.0 Å². The van der Waals surface area contributed by atoms with E-state index in [1.165, 1.54) is 30.6 Å². The van der Waals surface area contributed by atoms with Gasteiger partial charge in [-0.1, -0.05) is 0 Å². The van der Waals surface area contributed by atoms with Crippen LogP contribution < -0.4 is 18.9 Å². The molecular formula is C28H26O4S2. The van der Waals surface area contributed by atoms with Gasteiger partial charge in [0, 0.05) is 44.1 Å². The van der Waals surface area contributed by atoms with Gasteiger partial charge in [-0.2, -0.15) is 0 Å². The van der Waals surface area contributed by atoms with Crippen LogP contribution in [0.15, 0.2) is 48.5 Å². The summed E-state index contributed by atoms with van der Waals surface area (Å²) in [6, 6.07) is 16.8. The van der Waals surface area contributed by atoms with Gasteiger partial charge in [0.15, 0.2) is 0 Å². The molecule has 0 radical (unpaired) electrons. The maximum atomic E-state index is 6.42. The summed E-state index contributed by atoms with van der Waals surface area (Å²) in [6.07, 6.45) is 0. The van der Waals surface area contributed by atoms with Gasteiger partial charge < -0.3 is 18.9 Å². The van der Waals surface area contributed by atoms with E-state index in [9.17, 15) is 0 Å². The van der Waals surface area contributed by atoms with Gasteiger partial charge in [-0.05, 0) is 64.1 Å². The minimum Gasteiger partial charge on any atom is -0.497 e. The maximum absolute atomic E-state index is 6.42. The summed E-state index contributed by atoms with van der Waals surface area (Å²) in [5.41, 5.74) is 3.86. The number of fused-ring (bicyclic) bond motifs is 6. The predicted molar refractivity (Wildman–Crippen MR) is 139 cm³/mol. The molecule has 0 bridgehead atoms. The van der Waals surface area contributed by atoms with Gasteiger partial charge in [0.1, 0.15) is 34.2 Å². The Labute approximate surface area is 207 Å². The van der Waals surface area contributed by atoms with E-state index < -0.39 is 11.2 Å². The van der Waals surface area contributed by atoms with Crippen LogP contribution in [-0.4, -0.2) is 14.2 Å². The molecule has 0 amide bonds. The van der Waals surface area contributed by atoms with Gasteiger partial charge in [0.05, 0.1) is 24.0 Å². The quantitative estimate of drug-likeness (QED) is 0.291. The Bertz CT molecular complexity index is 1330. The first-order valence-electron chi connectivity index (χ1n) is 11.2. The highest BCUT2D eigenvalue weighted by Gasteiger charge is 2.38. The van der Waals surface area contributed by atoms with Crippen LogP contribution in [0.5, 0.6) is 23.0 Å². The van der Waals surface area contributed by atoms with Gasteiger partial charge in [0.2, 0.25) is 0 Å². The van der Waals surface area contributed by atoms with E-state index in [1.54, 1.807) is 14.2 Å². The fourth-order valence-electron chi connectivity index (χ4n) is 4.84. The Kier molecular flexibility index (Phi) is 4.61. The van der Waals surface area contributed by atoms with Crippen LogP contribution in [0.3, 0.4) is 0 Å². The first-order chi connectivity index (χ1) is 16.2. The number of hydrogen-bond donors (Lipinski definition) is 0. The Morgan fingerprint density at radius 3 is 1.38 bits per heavy atom. The number of hydrogen-bond acceptors (Lipinski definition) is 6. The molecule has 0 spiro atoms. The standard InChI is InChI=1S/C28H26O4S2/c1-27(2)25-19(17-9-7-15(29-5)11-21(17)31-27)13-23(33-25)24-14-20-18-10-8-16(30-6)12-22(18)32-28(3,4)26(20)34-24/h7-14H,1-6H3. The van der Waals surface area contributed by atoms with Gasteiger partial charge in [-0.15, -0.1) is 22.7 Å². The van der Waals surface area contributed by atoms with Crippen LogP contribution in [0.2, 0.25) is 0 Å². The second kappa shape index (κ2) is 7.27. The third kappa shape index (κ3) is 3.16. The lowest BCUT2D eigenvalue weighted by Crippen LogP contribution is -2.27. The van der Waals surface area contributed by atoms with Crippen LogP contribution in [0, 0.1) is 0 Å². The van der Waals surface area contributed by atoms with E-state index >= 15 is 0 Å². The van der Waals surface area contributed by atoms with Crippen molar-refractivity contribution in [2.75, 3.05) is 14.2 Å². The minimum atomic E-state index is -0.417. The minimum absolute atomic E-state index is 0.417. The van der Waals surface area contributed by atoms with Crippen molar-refractivity contribution in [1.82, 2.24) is 0 Å². The van der Waals surface area contributed by atoms with Crippen molar-refractivity contribution in [3.05, 3.63) is 58.3 Å². The van der Waals surface area contributed by atoms with Crippen molar-refractivity contribution in [2.45, 2.75) is 38.9 Å². The van der Waals surface area contributed by atoms with E-state index in [-0.39, 0.29) is 0 Å². The van der Waals surface area contributed by atoms with E-state index in [1.807, 2.05) is 46.9 Å². The molecule has 4 heterocycles. The molecule has 0 fully saturated rings. The lowest BCUT2D eigenvalue weighted by Gasteiger charge is -2.32. The fourth-order valence-corrected chi connectivity index (χ4v) is 7.33. The molecule has 4 nitrogen and oxygen atoms in total. The number of methoxy groups -OCH3 is 2. The van der Waals surface area contributed by atoms with Gasteiger partial charge in [0.25, 0.3) is 0 Å². The van der Waals surface area contributed by atoms with Crippen LogP contribution in [0.25, 0.3) is 32.0 Å².